The van der Waals surface area contributed by atoms with Crippen molar-refractivity contribution in [1.82, 2.24) is 0 Å². The predicted octanol–water partition coefficient (Wildman–Crippen LogP) is 3.39. The molecule has 0 unspecified atom stereocenters. The van der Waals surface area contributed by atoms with Crippen molar-refractivity contribution in [3.8, 4) is 6.07 Å². The second kappa shape index (κ2) is 6.96. The molecule has 104 valence electrons. The van der Waals surface area contributed by atoms with Crippen LogP contribution in [0.3, 0.4) is 0 Å². The largest absolute Gasteiger partial charge is 0.447 e. The maximum Gasteiger partial charge on any atom is 0.447 e. The Morgan fingerprint density at radius 1 is 1.21 bits per heavy atom. The quantitative estimate of drug-likeness (QED) is 0.615. The molecule has 1 rings (SSSR count). The van der Waals surface area contributed by atoms with E-state index in [0.717, 1.165) is 3.57 Å². The van der Waals surface area contributed by atoms with Crippen LogP contribution in [0.15, 0.2) is 18.2 Å². The zero-order valence-corrected chi connectivity index (χ0v) is 14.5. The first kappa shape index (κ1) is 16.8. The Kier molecular flexibility index (Phi) is 6.15. The van der Waals surface area contributed by atoms with Crippen LogP contribution in [0.4, 0.5) is 0 Å². The van der Waals surface area contributed by atoms with Gasteiger partial charge in [0.2, 0.25) is 0 Å². The minimum atomic E-state index is -3.17. The molecule has 0 aliphatic heterocycles. The van der Waals surface area contributed by atoms with Crippen molar-refractivity contribution in [2.75, 3.05) is 0 Å². The Labute approximate surface area is 128 Å². The van der Waals surface area contributed by atoms with Gasteiger partial charge in [0.1, 0.15) is 12.2 Å². The van der Waals surface area contributed by atoms with Gasteiger partial charge in [-0.2, -0.15) is 19.2 Å². The summed E-state index contributed by atoms with van der Waals surface area (Å²) in [6.45, 7) is 7.37. The molecule has 0 aliphatic rings. The lowest BCUT2D eigenvalue weighted by molar-refractivity contribution is 0.126. The van der Waals surface area contributed by atoms with E-state index >= 15 is 0 Å². The van der Waals surface area contributed by atoms with E-state index in [9.17, 15) is 4.89 Å². The van der Waals surface area contributed by atoms with Crippen molar-refractivity contribution < 1.29 is 13.9 Å². The average Bonchev–Trinajstić information content (AvgIpc) is 2.27. The zero-order chi connectivity index (χ0) is 14.6. The molecule has 0 amide bonds. The van der Waals surface area contributed by atoms with Crippen molar-refractivity contribution >= 4 is 35.8 Å². The van der Waals surface area contributed by atoms with Gasteiger partial charge in [-0.05, 0) is 62.4 Å². The lowest BCUT2D eigenvalue weighted by Crippen LogP contribution is -2.24. The van der Waals surface area contributed by atoms with E-state index in [1.165, 1.54) is 0 Å². The van der Waals surface area contributed by atoms with Crippen LogP contribution in [0, 0.1) is 14.9 Å². The third kappa shape index (κ3) is 4.66. The first-order valence-electron chi connectivity index (χ1n) is 5.97. The highest BCUT2D eigenvalue weighted by Gasteiger charge is 2.48. The Bertz CT molecular complexity index is 475. The van der Waals surface area contributed by atoms with Gasteiger partial charge in [0.05, 0.1) is 15.2 Å². The molecule has 0 radical (unpaired) electrons. The third-order valence-electron chi connectivity index (χ3n) is 2.09. The fourth-order valence-electron chi connectivity index (χ4n) is 1.51. The summed E-state index contributed by atoms with van der Waals surface area (Å²) in [6, 6.07) is 7.20. The van der Waals surface area contributed by atoms with Gasteiger partial charge in [-0.25, -0.2) is 0 Å². The van der Waals surface area contributed by atoms with Crippen molar-refractivity contribution in [3.05, 3.63) is 27.3 Å². The van der Waals surface area contributed by atoms with Crippen LogP contribution in [0.1, 0.15) is 33.3 Å². The number of hydrogen-bond acceptors (Lipinski definition) is 4. The molecule has 1 N–H and O–H groups in total. The maximum absolute atomic E-state index is 10.8. The summed E-state index contributed by atoms with van der Waals surface area (Å²) in [7, 11) is -3.17. The van der Waals surface area contributed by atoms with Gasteiger partial charge >= 0.3 is 7.94 Å². The molecule has 0 spiro atoms. The number of rotatable bonds is 5. The summed E-state index contributed by atoms with van der Waals surface area (Å²) >= 11 is 2.11. The van der Waals surface area contributed by atoms with E-state index in [0.29, 0.717) is 10.9 Å². The van der Waals surface area contributed by atoms with Crippen LogP contribution in [-0.2, 0) is 9.05 Å². The first-order chi connectivity index (χ1) is 8.78. The fourth-order valence-corrected chi connectivity index (χ4v) is 4.83. The molecule has 0 heterocycles. The maximum atomic E-state index is 10.8. The molecule has 6 heteroatoms. The number of halogens is 1. The van der Waals surface area contributed by atoms with Gasteiger partial charge in [-0.15, -0.1) is 0 Å². The van der Waals surface area contributed by atoms with Crippen LogP contribution in [0.5, 0.6) is 0 Å². The van der Waals surface area contributed by atoms with Gasteiger partial charge in [-0.3, -0.25) is 0 Å². The van der Waals surface area contributed by atoms with E-state index in [4.69, 9.17) is 14.3 Å². The van der Waals surface area contributed by atoms with Gasteiger partial charge in [-0.1, -0.05) is 0 Å². The van der Waals surface area contributed by atoms with Gasteiger partial charge < -0.3 is 0 Å². The minimum absolute atomic E-state index is 0.168. The Hall–Kier alpha value is -0.250. The van der Waals surface area contributed by atoms with E-state index < -0.39 is 7.94 Å². The lowest BCUT2D eigenvalue weighted by atomic mass is 10.2. The predicted molar refractivity (Wildman–Crippen MR) is 85.1 cm³/mol. The van der Waals surface area contributed by atoms with Gasteiger partial charge in [0.15, 0.2) is 5.30 Å². The van der Waals surface area contributed by atoms with E-state index in [1.807, 2.05) is 27.7 Å². The highest BCUT2D eigenvalue weighted by Crippen LogP contribution is 2.58. The smallest absolute Gasteiger partial charge is 0.192 e. The zero-order valence-electron chi connectivity index (χ0n) is 11.4. The van der Waals surface area contributed by atoms with Crippen LogP contribution < -0.4 is 5.30 Å². The number of hydrogen-bond donors (Lipinski definition) is 1. The van der Waals surface area contributed by atoms with Crippen molar-refractivity contribution in [2.24, 2.45) is 0 Å². The topological polar surface area (TPSA) is 62.5 Å². The van der Waals surface area contributed by atoms with Crippen LogP contribution in [-0.4, -0.2) is 17.1 Å². The molecular formula is C13H18INO3P+. The van der Waals surface area contributed by atoms with Crippen molar-refractivity contribution in [1.29, 1.82) is 5.26 Å². The summed E-state index contributed by atoms with van der Waals surface area (Å²) in [5, 5.41) is 9.54. The molecule has 1 aromatic carbocycles. The summed E-state index contributed by atoms with van der Waals surface area (Å²) in [4.78, 5) is 10.8. The summed E-state index contributed by atoms with van der Waals surface area (Å²) in [5.41, 5.74) is 0.480. The molecule has 0 saturated heterocycles. The molecular weight excluding hydrogens is 376 g/mol. The molecule has 0 fully saturated rings. The highest BCUT2D eigenvalue weighted by molar-refractivity contribution is 14.1. The molecule has 4 nitrogen and oxygen atoms in total. The Balaban J connectivity index is 3.27. The summed E-state index contributed by atoms with van der Waals surface area (Å²) in [6.07, 6.45) is -0.336. The van der Waals surface area contributed by atoms with Gasteiger partial charge in [0.25, 0.3) is 0 Å². The molecule has 0 bridgehead atoms. The number of benzene rings is 1. The van der Waals surface area contributed by atoms with Crippen molar-refractivity contribution in [3.63, 3.8) is 0 Å². The standard InChI is InChI=1S/C13H18INO3P/c1-9(2)17-19(16,18-10(3)4)13-7-11(8-15)5-6-12(13)14/h5-7,9-10,16H,1-4H3/q+1. The molecule has 19 heavy (non-hydrogen) atoms. The third-order valence-corrected chi connectivity index (χ3v) is 5.85. The first-order valence-corrected chi connectivity index (χ1v) is 8.63. The molecule has 0 aromatic heterocycles. The van der Waals surface area contributed by atoms with E-state index in [1.54, 1.807) is 18.2 Å². The second-order valence-corrected chi connectivity index (χ2v) is 7.71. The van der Waals surface area contributed by atoms with Crippen LogP contribution in [0.25, 0.3) is 0 Å². The van der Waals surface area contributed by atoms with Gasteiger partial charge in [0, 0.05) is 6.07 Å². The SMILES string of the molecule is CC(C)O[P+](O)(OC(C)C)c1cc(C#N)ccc1I. The molecule has 1 aromatic rings. The highest BCUT2D eigenvalue weighted by atomic mass is 127. The molecule has 0 atom stereocenters. The molecule has 0 aliphatic carbocycles. The number of nitriles is 1. The Morgan fingerprint density at radius 2 is 1.74 bits per heavy atom. The lowest BCUT2D eigenvalue weighted by Gasteiger charge is -2.21. The van der Waals surface area contributed by atoms with E-state index in [-0.39, 0.29) is 12.2 Å². The van der Waals surface area contributed by atoms with E-state index in [2.05, 4.69) is 28.7 Å². The second-order valence-electron chi connectivity index (χ2n) is 4.61. The van der Waals surface area contributed by atoms with Crippen molar-refractivity contribution in [2.45, 2.75) is 39.9 Å². The van der Waals surface area contributed by atoms with Crippen LogP contribution in [0.2, 0.25) is 0 Å². The fraction of sp³-hybridized carbons (Fsp3) is 0.462. The number of nitrogens with zero attached hydrogens (tertiary/aromatic N) is 1. The van der Waals surface area contributed by atoms with Crippen LogP contribution >= 0.6 is 30.5 Å². The summed E-state index contributed by atoms with van der Waals surface area (Å²) < 4.78 is 12.1. The molecule has 0 saturated carbocycles. The monoisotopic (exact) mass is 394 g/mol. The normalized spacial score (nSPS) is 11.9. The summed E-state index contributed by atoms with van der Waals surface area (Å²) in [5.74, 6) is 0. The average molecular weight is 394 g/mol. The minimum Gasteiger partial charge on any atom is -0.192 e. The Morgan fingerprint density at radius 3 is 2.16 bits per heavy atom.